The summed E-state index contributed by atoms with van der Waals surface area (Å²) >= 11 is 0. The van der Waals surface area contributed by atoms with Crippen LogP contribution in [0.3, 0.4) is 0 Å². The SMILES string of the molecule is [NH3+]CCOCCCC(COCO)COCO. The van der Waals surface area contributed by atoms with Gasteiger partial charge in [0.15, 0.2) is 0 Å². The largest absolute Gasteiger partial charge is 0.376 e. The molecule has 0 unspecified atom stereocenters. The van der Waals surface area contributed by atoms with Gasteiger partial charge in [0, 0.05) is 12.5 Å². The van der Waals surface area contributed by atoms with E-state index in [1.807, 2.05) is 0 Å². The topological polar surface area (TPSA) is 95.8 Å². The quantitative estimate of drug-likeness (QED) is 0.286. The van der Waals surface area contributed by atoms with E-state index in [9.17, 15) is 0 Å². The summed E-state index contributed by atoms with van der Waals surface area (Å²) in [5.74, 6) is 0.183. The summed E-state index contributed by atoms with van der Waals surface area (Å²) in [6.45, 7) is 2.47. The molecule has 0 bridgehead atoms. The van der Waals surface area contributed by atoms with Crippen LogP contribution < -0.4 is 5.73 Å². The zero-order chi connectivity index (χ0) is 12.1. The van der Waals surface area contributed by atoms with Crippen LogP contribution in [-0.2, 0) is 14.2 Å². The summed E-state index contributed by atoms with van der Waals surface area (Å²) in [6.07, 6.45) is 1.80. The molecule has 16 heavy (non-hydrogen) atoms. The lowest BCUT2D eigenvalue weighted by molar-refractivity contribution is -0.374. The maximum absolute atomic E-state index is 8.54. The number of ether oxygens (including phenoxy) is 3. The van der Waals surface area contributed by atoms with Crippen molar-refractivity contribution in [3.05, 3.63) is 0 Å². The molecule has 0 aromatic carbocycles. The summed E-state index contributed by atoms with van der Waals surface area (Å²) < 4.78 is 15.1. The highest BCUT2D eigenvalue weighted by molar-refractivity contribution is 4.57. The van der Waals surface area contributed by atoms with E-state index in [0.29, 0.717) is 26.4 Å². The van der Waals surface area contributed by atoms with E-state index in [2.05, 4.69) is 5.73 Å². The zero-order valence-corrected chi connectivity index (χ0v) is 9.77. The number of aliphatic hydroxyl groups is 2. The van der Waals surface area contributed by atoms with E-state index in [1.165, 1.54) is 0 Å². The zero-order valence-electron chi connectivity index (χ0n) is 9.77. The second-order valence-corrected chi connectivity index (χ2v) is 3.47. The van der Waals surface area contributed by atoms with Crippen LogP contribution >= 0.6 is 0 Å². The molecule has 0 aliphatic carbocycles. The highest BCUT2D eigenvalue weighted by Crippen LogP contribution is 2.08. The van der Waals surface area contributed by atoms with Crippen molar-refractivity contribution in [3.8, 4) is 0 Å². The second kappa shape index (κ2) is 12.8. The molecule has 0 saturated heterocycles. The Bertz CT molecular complexity index is 128. The lowest BCUT2D eigenvalue weighted by Crippen LogP contribution is -2.52. The van der Waals surface area contributed by atoms with Crippen molar-refractivity contribution in [1.82, 2.24) is 0 Å². The Morgan fingerprint density at radius 3 is 2.06 bits per heavy atom. The van der Waals surface area contributed by atoms with Crippen LogP contribution in [0.25, 0.3) is 0 Å². The molecule has 98 valence electrons. The van der Waals surface area contributed by atoms with Gasteiger partial charge in [0.05, 0.1) is 26.4 Å². The van der Waals surface area contributed by atoms with Crippen molar-refractivity contribution >= 4 is 0 Å². The second-order valence-electron chi connectivity index (χ2n) is 3.47. The molecular formula is C10H24NO5+. The van der Waals surface area contributed by atoms with Gasteiger partial charge in [-0.05, 0) is 12.8 Å². The molecule has 0 spiro atoms. The summed E-state index contributed by atoms with van der Waals surface area (Å²) in [5.41, 5.74) is 3.68. The van der Waals surface area contributed by atoms with Gasteiger partial charge in [0.25, 0.3) is 0 Å². The first-order chi connectivity index (χ1) is 7.85. The number of quaternary nitrogens is 1. The van der Waals surface area contributed by atoms with Crippen molar-refractivity contribution in [2.45, 2.75) is 12.8 Å². The summed E-state index contributed by atoms with van der Waals surface area (Å²) in [7, 11) is 0. The minimum atomic E-state index is -0.284. The summed E-state index contributed by atoms with van der Waals surface area (Å²) in [5, 5.41) is 17.1. The molecule has 0 radical (unpaired) electrons. The Morgan fingerprint density at radius 2 is 1.56 bits per heavy atom. The Kier molecular flexibility index (Phi) is 12.6. The fourth-order valence-corrected chi connectivity index (χ4v) is 1.33. The predicted molar refractivity (Wildman–Crippen MR) is 57.4 cm³/mol. The van der Waals surface area contributed by atoms with Gasteiger partial charge in [-0.1, -0.05) is 0 Å². The molecule has 5 N–H and O–H groups in total. The van der Waals surface area contributed by atoms with Gasteiger partial charge < -0.3 is 30.2 Å². The molecule has 0 atom stereocenters. The molecule has 0 fully saturated rings. The van der Waals surface area contributed by atoms with E-state index >= 15 is 0 Å². The predicted octanol–water partition coefficient (Wildman–Crippen LogP) is -1.43. The van der Waals surface area contributed by atoms with Crippen LogP contribution in [0.5, 0.6) is 0 Å². The lowest BCUT2D eigenvalue weighted by Gasteiger charge is -2.15. The molecule has 0 saturated carbocycles. The fourth-order valence-electron chi connectivity index (χ4n) is 1.33. The third-order valence-corrected chi connectivity index (χ3v) is 2.08. The minimum Gasteiger partial charge on any atom is -0.376 e. The average molecular weight is 238 g/mol. The molecule has 0 aromatic heterocycles. The normalized spacial score (nSPS) is 11.2. The molecule has 0 rings (SSSR count). The van der Waals surface area contributed by atoms with Crippen molar-refractivity contribution in [3.63, 3.8) is 0 Å². The van der Waals surface area contributed by atoms with Crippen LogP contribution in [0, 0.1) is 5.92 Å². The van der Waals surface area contributed by atoms with Gasteiger partial charge in [0.1, 0.15) is 13.6 Å². The highest BCUT2D eigenvalue weighted by Gasteiger charge is 2.09. The number of rotatable bonds is 12. The molecule has 0 aliphatic heterocycles. The smallest absolute Gasteiger partial charge is 0.143 e. The first kappa shape index (κ1) is 15.8. The fraction of sp³-hybridized carbons (Fsp3) is 1.00. The average Bonchev–Trinajstić information content (AvgIpc) is 2.31. The van der Waals surface area contributed by atoms with Gasteiger partial charge in [0.2, 0.25) is 0 Å². The van der Waals surface area contributed by atoms with Crippen molar-refractivity contribution in [1.29, 1.82) is 0 Å². The van der Waals surface area contributed by atoms with Crippen molar-refractivity contribution in [2.75, 3.05) is 46.6 Å². The van der Waals surface area contributed by atoms with Crippen molar-refractivity contribution in [2.24, 2.45) is 5.92 Å². The van der Waals surface area contributed by atoms with Crippen molar-refractivity contribution < 1.29 is 30.2 Å². The van der Waals surface area contributed by atoms with E-state index < -0.39 is 0 Å². The molecule has 0 aliphatic rings. The van der Waals surface area contributed by atoms with Gasteiger partial charge in [-0.2, -0.15) is 0 Å². The maximum atomic E-state index is 8.54. The van der Waals surface area contributed by atoms with Crippen LogP contribution in [0.4, 0.5) is 0 Å². The highest BCUT2D eigenvalue weighted by atomic mass is 16.6. The first-order valence-electron chi connectivity index (χ1n) is 5.59. The van der Waals surface area contributed by atoms with Crippen LogP contribution in [-0.4, -0.2) is 56.8 Å². The lowest BCUT2D eigenvalue weighted by atomic mass is 10.1. The van der Waals surface area contributed by atoms with Gasteiger partial charge in [-0.15, -0.1) is 0 Å². The first-order valence-corrected chi connectivity index (χ1v) is 5.59. The van der Waals surface area contributed by atoms with E-state index in [-0.39, 0.29) is 19.5 Å². The molecule has 0 heterocycles. The standard InChI is InChI=1S/C10H23NO5/c11-3-5-14-4-1-2-10(6-15-8-12)7-16-9-13/h10,12-13H,1-9,11H2/p+1. The molecular weight excluding hydrogens is 214 g/mol. The van der Waals surface area contributed by atoms with E-state index in [4.69, 9.17) is 24.4 Å². The van der Waals surface area contributed by atoms with E-state index in [0.717, 1.165) is 19.4 Å². The number of hydrogen-bond acceptors (Lipinski definition) is 5. The van der Waals surface area contributed by atoms with Gasteiger partial charge in [-0.25, -0.2) is 0 Å². The summed E-state index contributed by atoms with van der Waals surface area (Å²) in [6, 6.07) is 0. The Morgan fingerprint density at radius 1 is 0.938 bits per heavy atom. The monoisotopic (exact) mass is 238 g/mol. The third-order valence-electron chi connectivity index (χ3n) is 2.08. The Labute approximate surface area is 96.3 Å². The van der Waals surface area contributed by atoms with Gasteiger partial charge >= 0.3 is 0 Å². The van der Waals surface area contributed by atoms with Gasteiger partial charge in [-0.3, -0.25) is 0 Å². The molecule has 0 amide bonds. The number of hydrogen-bond donors (Lipinski definition) is 3. The molecule has 6 nitrogen and oxygen atoms in total. The van der Waals surface area contributed by atoms with E-state index in [1.54, 1.807) is 0 Å². The minimum absolute atomic E-state index is 0.183. The Balaban J connectivity index is 3.48. The molecule has 6 heteroatoms. The Hall–Kier alpha value is -0.240. The van der Waals surface area contributed by atoms with Crippen LogP contribution in [0.2, 0.25) is 0 Å². The third kappa shape index (κ3) is 10.3. The maximum Gasteiger partial charge on any atom is 0.143 e. The number of aliphatic hydroxyl groups excluding tert-OH is 2. The van der Waals surface area contributed by atoms with Crippen LogP contribution in [0.15, 0.2) is 0 Å². The summed E-state index contributed by atoms with van der Waals surface area (Å²) in [4.78, 5) is 0. The van der Waals surface area contributed by atoms with Crippen LogP contribution in [0.1, 0.15) is 12.8 Å². The molecule has 0 aromatic rings.